The van der Waals surface area contributed by atoms with Gasteiger partial charge in [0, 0.05) is 17.9 Å². The van der Waals surface area contributed by atoms with E-state index < -0.39 is 0 Å². The summed E-state index contributed by atoms with van der Waals surface area (Å²) in [5.74, 6) is 0.853. The van der Waals surface area contributed by atoms with E-state index in [9.17, 15) is 0 Å². The van der Waals surface area contributed by atoms with Gasteiger partial charge < -0.3 is 4.90 Å². The van der Waals surface area contributed by atoms with E-state index in [0.29, 0.717) is 9.85 Å². The summed E-state index contributed by atoms with van der Waals surface area (Å²) >= 11 is 9.65. The third kappa shape index (κ3) is 2.17. The van der Waals surface area contributed by atoms with Crippen molar-refractivity contribution >= 4 is 33.3 Å². The second-order valence-electron chi connectivity index (χ2n) is 3.38. The third-order valence-corrected chi connectivity index (χ3v) is 3.33. The lowest BCUT2D eigenvalue weighted by molar-refractivity contribution is 0.591. The van der Waals surface area contributed by atoms with Gasteiger partial charge >= 0.3 is 0 Å². The lowest BCUT2D eigenvalue weighted by Crippen LogP contribution is -2.36. The number of anilines is 1. The highest BCUT2D eigenvalue weighted by molar-refractivity contribution is 9.09. The molecule has 0 aliphatic carbocycles. The second kappa shape index (κ2) is 4.45. The molecule has 0 bridgehead atoms. The topological polar surface area (TPSA) is 29.0 Å². The zero-order chi connectivity index (χ0) is 9.97. The van der Waals surface area contributed by atoms with Crippen LogP contribution in [0.5, 0.6) is 0 Å². The average Bonchev–Trinajstić information content (AvgIpc) is 2.18. The molecule has 2 rings (SSSR count). The number of halogens is 2. The minimum atomic E-state index is 0.544. The van der Waals surface area contributed by atoms with Crippen LogP contribution in [0.15, 0.2) is 12.5 Å². The molecular weight excluding hydrogens is 265 g/mol. The predicted molar refractivity (Wildman–Crippen MR) is 61.2 cm³/mol. The Morgan fingerprint density at radius 1 is 1.57 bits per heavy atom. The van der Waals surface area contributed by atoms with Gasteiger partial charge in [0.05, 0.1) is 6.20 Å². The maximum Gasteiger partial charge on any atom is 0.150 e. The summed E-state index contributed by atoms with van der Waals surface area (Å²) in [4.78, 5) is 10.8. The van der Waals surface area contributed by atoms with Crippen LogP contribution in [0.25, 0.3) is 0 Å². The lowest BCUT2D eigenvalue weighted by Gasteiger charge is -2.31. The van der Waals surface area contributed by atoms with E-state index in [1.807, 2.05) is 0 Å². The van der Waals surface area contributed by atoms with Crippen LogP contribution in [-0.4, -0.2) is 27.9 Å². The van der Waals surface area contributed by atoms with E-state index in [1.54, 1.807) is 12.5 Å². The molecule has 1 fully saturated rings. The van der Waals surface area contributed by atoms with Crippen LogP contribution in [0.3, 0.4) is 0 Å². The summed E-state index contributed by atoms with van der Waals surface area (Å²) in [5.41, 5.74) is 0. The smallest absolute Gasteiger partial charge is 0.150 e. The number of rotatable bonds is 1. The molecule has 5 heteroatoms. The van der Waals surface area contributed by atoms with Crippen LogP contribution in [0.2, 0.25) is 5.02 Å². The molecular formula is C9H11BrClN3. The van der Waals surface area contributed by atoms with Gasteiger partial charge in [-0.3, -0.25) is 0 Å². The Morgan fingerprint density at radius 2 is 2.43 bits per heavy atom. The first kappa shape index (κ1) is 10.2. The molecule has 1 aliphatic heterocycles. The molecule has 1 aromatic heterocycles. The number of hydrogen-bond donors (Lipinski definition) is 0. The summed E-state index contributed by atoms with van der Waals surface area (Å²) in [6.07, 6.45) is 5.58. The number of alkyl halides is 1. The van der Waals surface area contributed by atoms with E-state index in [1.165, 1.54) is 12.8 Å². The number of aromatic nitrogens is 2. The van der Waals surface area contributed by atoms with Crippen molar-refractivity contribution in [1.29, 1.82) is 0 Å². The van der Waals surface area contributed by atoms with Gasteiger partial charge in [-0.15, -0.1) is 0 Å². The minimum Gasteiger partial charge on any atom is -0.354 e. The van der Waals surface area contributed by atoms with Crippen LogP contribution in [0.4, 0.5) is 5.82 Å². The molecule has 0 spiro atoms. The predicted octanol–water partition coefficient (Wildman–Crippen LogP) is 2.49. The highest BCUT2D eigenvalue weighted by Crippen LogP contribution is 2.26. The van der Waals surface area contributed by atoms with Crippen LogP contribution in [0, 0.1) is 0 Å². The number of piperidine rings is 1. The SMILES string of the molecule is Clc1cncnc1N1CCCC(Br)C1. The zero-order valence-electron chi connectivity index (χ0n) is 7.66. The van der Waals surface area contributed by atoms with E-state index in [-0.39, 0.29) is 0 Å². The molecule has 1 aliphatic rings. The van der Waals surface area contributed by atoms with Gasteiger partial charge in [0.15, 0.2) is 5.82 Å². The molecule has 1 unspecified atom stereocenters. The van der Waals surface area contributed by atoms with E-state index in [0.717, 1.165) is 18.9 Å². The maximum absolute atomic E-state index is 6.02. The van der Waals surface area contributed by atoms with Crippen molar-refractivity contribution in [2.45, 2.75) is 17.7 Å². The third-order valence-electron chi connectivity index (χ3n) is 2.31. The Hall–Kier alpha value is -0.350. The highest BCUT2D eigenvalue weighted by atomic mass is 79.9. The Labute approximate surface area is 96.6 Å². The van der Waals surface area contributed by atoms with Crippen LogP contribution < -0.4 is 4.90 Å². The first-order valence-corrected chi connectivity index (χ1v) is 5.91. The Kier molecular flexibility index (Phi) is 3.23. The van der Waals surface area contributed by atoms with E-state index in [2.05, 4.69) is 30.8 Å². The molecule has 3 nitrogen and oxygen atoms in total. The lowest BCUT2D eigenvalue weighted by atomic mass is 10.1. The van der Waals surface area contributed by atoms with Crippen molar-refractivity contribution in [3.63, 3.8) is 0 Å². The monoisotopic (exact) mass is 275 g/mol. The number of hydrogen-bond acceptors (Lipinski definition) is 3. The quantitative estimate of drug-likeness (QED) is 0.738. The van der Waals surface area contributed by atoms with Gasteiger partial charge in [-0.2, -0.15) is 0 Å². The van der Waals surface area contributed by atoms with Crippen molar-refractivity contribution in [1.82, 2.24) is 9.97 Å². The normalized spacial score (nSPS) is 22.4. The highest BCUT2D eigenvalue weighted by Gasteiger charge is 2.20. The number of nitrogens with zero attached hydrogens (tertiary/aromatic N) is 3. The van der Waals surface area contributed by atoms with Gasteiger partial charge in [0.25, 0.3) is 0 Å². The Bertz CT molecular complexity index is 321. The Morgan fingerprint density at radius 3 is 3.14 bits per heavy atom. The summed E-state index contributed by atoms with van der Waals surface area (Å²) in [6.45, 7) is 2.00. The molecule has 0 aromatic carbocycles. The molecule has 0 saturated carbocycles. The molecule has 1 saturated heterocycles. The molecule has 14 heavy (non-hydrogen) atoms. The largest absolute Gasteiger partial charge is 0.354 e. The van der Waals surface area contributed by atoms with Gasteiger partial charge in [0.2, 0.25) is 0 Å². The first-order valence-electron chi connectivity index (χ1n) is 4.62. The fourth-order valence-corrected chi connectivity index (χ4v) is 2.55. The zero-order valence-corrected chi connectivity index (χ0v) is 10.00. The minimum absolute atomic E-state index is 0.544. The molecule has 0 radical (unpaired) electrons. The van der Waals surface area contributed by atoms with Crippen molar-refractivity contribution in [2.75, 3.05) is 18.0 Å². The standard InChI is InChI=1S/C9H11BrClN3/c10-7-2-1-3-14(5-7)9-8(11)4-12-6-13-9/h4,6-7H,1-3,5H2. The second-order valence-corrected chi connectivity index (χ2v) is 5.08. The molecule has 76 valence electrons. The van der Waals surface area contributed by atoms with Crippen molar-refractivity contribution < 1.29 is 0 Å². The Balaban J connectivity index is 2.18. The van der Waals surface area contributed by atoms with Crippen molar-refractivity contribution in [2.24, 2.45) is 0 Å². The van der Waals surface area contributed by atoms with Crippen LogP contribution in [0.1, 0.15) is 12.8 Å². The summed E-state index contributed by atoms with van der Waals surface area (Å²) in [6, 6.07) is 0. The van der Waals surface area contributed by atoms with Gasteiger partial charge in [-0.05, 0) is 12.8 Å². The summed E-state index contributed by atoms with van der Waals surface area (Å²) < 4.78 is 0. The fourth-order valence-electron chi connectivity index (χ4n) is 1.66. The van der Waals surface area contributed by atoms with E-state index >= 15 is 0 Å². The van der Waals surface area contributed by atoms with Crippen molar-refractivity contribution in [3.8, 4) is 0 Å². The maximum atomic E-state index is 6.02. The average molecular weight is 277 g/mol. The van der Waals surface area contributed by atoms with Gasteiger partial charge in [-0.1, -0.05) is 27.5 Å². The molecule has 2 heterocycles. The summed E-state index contributed by atoms with van der Waals surface area (Å²) in [5, 5.41) is 0.633. The van der Waals surface area contributed by atoms with Crippen LogP contribution >= 0.6 is 27.5 Å². The summed E-state index contributed by atoms with van der Waals surface area (Å²) in [7, 11) is 0. The first-order chi connectivity index (χ1) is 6.77. The molecule has 0 amide bonds. The molecule has 1 aromatic rings. The molecule has 1 atom stereocenters. The van der Waals surface area contributed by atoms with E-state index in [4.69, 9.17) is 11.6 Å². The fraction of sp³-hybridized carbons (Fsp3) is 0.556. The van der Waals surface area contributed by atoms with Crippen molar-refractivity contribution in [3.05, 3.63) is 17.5 Å². The van der Waals surface area contributed by atoms with Gasteiger partial charge in [-0.25, -0.2) is 9.97 Å². The van der Waals surface area contributed by atoms with Gasteiger partial charge in [0.1, 0.15) is 11.3 Å². The molecule has 0 N–H and O–H groups in total. The van der Waals surface area contributed by atoms with Crippen LogP contribution in [-0.2, 0) is 0 Å².